The van der Waals surface area contributed by atoms with Crippen LogP contribution in [-0.4, -0.2) is 18.4 Å². The lowest BCUT2D eigenvalue weighted by Gasteiger charge is -2.21. The van der Waals surface area contributed by atoms with Gasteiger partial charge in [0.1, 0.15) is 18.4 Å². The molecule has 0 aliphatic rings. The highest BCUT2D eigenvalue weighted by molar-refractivity contribution is 6.02. The first-order valence-corrected chi connectivity index (χ1v) is 6.84. The predicted octanol–water partition coefficient (Wildman–Crippen LogP) is 2.69. The van der Waals surface area contributed by atoms with E-state index in [-0.39, 0.29) is 12.5 Å². The van der Waals surface area contributed by atoms with Gasteiger partial charge in [0.25, 0.3) is 0 Å². The molecule has 116 valence electrons. The number of nitrogens with one attached hydrogen (secondary N) is 1. The molecule has 2 rings (SSSR count). The van der Waals surface area contributed by atoms with Gasteiger partial charge in [0.2, 0.25) is 11.8 Å². The summed E-state index contributed by atoms with van der Waals surface area (Å²) in [7, 11) is 0. The molecule has 0 bridgehead atoms. The molecule has 0 radical (unpaired) electrons. The van der Waals surface area contributed by atoms with E-state index in [1.165, 1.54) is 30.0 Å². The molecule has 0 unspecified atom stereocenters. The first-order valence-electron chi connectivity index (χ1n) is 6.84. The van der Waals surface area contributed by atoms with Gasteiger partial charge in [-0.2, -0.15) is 5.26 Å². The minimum atomic E-state index is -0.487. The Hall–Kier alpha value is -3.20. The lowest BCUT2D eigenvalue weighted by atomic mass is 10.1. The van der Waals surface area contributed by atoms with Crippen LogP contribution in [0.3, 0.4) is 0 Å². The molecule has 0 saturated heterocycles. The van der Waals surface area contributed by atoms with Gasteiger partial charge in [-0.25, -0.2) is 4.39 Å². The molecule has 0 saturated carbocycles. The Morgan fingerprint density at radius 3 is 2.61 bits per heavy atom. The van der Waals surface area contributed by atoms with Gasteiger partial charge in [-0.1, -0.05) is 18.2 Å². The monoisotopic (exact) mass is 311 g/mol. The van der Waals surface area contributed by atoms with E-state index >= 15 is 0 Å². The first kappa shape index (κ1) is 16.2. The lowest BCUT2D eigenvalue weighted by Crippen LogP contribution is -2.37. The zero-order valence-corrected chi connectivity index (χ0v) is 12.4. The highest BCUT2D eigenvalue weighted by Gasteiger charge is 2.18. The van der Waals surface area contributed by atoms with Crippen molar-refractivity contribution in [2.45, 2.75) is 6.92 Å². The van der Waals surface area contributed by atoms with Crippen molar-refractivity contribution in [1.29, 1.82) is 5.26 Å². The van der Waals surface area contributed by atoms with Crippen molar-refractivity contribution in [1.82, 2.24) is 0 Å². The highest BCUT2D eigenvalue weighted by atomic mass is 19.1. The molecule has 23 heavy (non-hydrogen) atoms. The number of para-hydroxylation sites is 1. The van der Waals surface area contributed by atoms with Crippen molar-refractivity contribution in [2.75, 3.05) is 16.8 Å². The molecule has 2 aromatic rings. The Labute approximate surface area is 133 Å². The van der Waals surface area contributed by atoms with Gasteiger partial charge in [0.15, 0.2) is 0 Å². The summed E-state index contributed by atoms with van der Waals surface area (Å²) in [5, 5.41) is 11.6. The maximum Gasteiger partial charge on any atom is 0.244 e. The van der Waals surface area contributed by atoms with Crippen LogP contribution < -0.4 is 10.2 Å². The third-order valence-electron chi connectivity index (χ3n) is 3.11. The smallest absolute Gasteiger partial charge is 0.244 e. The van der Waals surface area contributed by atoms with Gasteiger partial charge in [-0.3, -0.25) is 9.59 Å². The van der Waals surface area contributed by atoms with E-state index in [9.17, 15) is 14.0 Å². The Morgan fingerprint density at radius 2 is 1.96 bits per heavy atom. The van der Waals surface area contributed by atoms with Gasteiger partial charge in [0.05, 0.1) is 11.3 Å². The predicted molar refractivity (Wildman–Crippen MR) is 84.2 cm³/mol. The van der Waals surface area contributed by atoms with Gasteiger partial charge in [-0.05, 0) is 30.3 Å². The molecule has 0 aromatic heterocycles. The van der Waals surface area contributed by atoms with Crippen molar-refractivity contribution in [3.05, 3.63) is 59.9 Å². The van der Waals surface area contributed by atoms with Crippen molar-refractivity contribution >= 4 is 23.2 Å². The molecule has 2 aromatic carbocycles. The van der Waals surface area contributed by atoms with E-state index in [2.05, 4.69) is 5.32 Å². The molecular formula is C17H14FN3O2. The van der Waals surface area contributed by atoms with Crippen LogP contribution in [0.2, 0.25) is 0 Å². The van der Waals surface area contributed by atoms with Crippen LogP contribution in [0.15, 0.2) is 48.5 Å². The number of carbonyl (C=O) groups is 2. The summed E-state index contributed by atoms with van der Waals surface area (Å²) >= 11 is 0. The summed E-state index contributed by atoms with van der Waals surface area (Å²) in [5.74, 6) is -1.33. The third kappa shape index (κ3) is 4.14. The van der Waals surface area contributed by atoms with Crippen LogP contribution in [-0.2, 0) is 9.59 Å². The molecule has 0 atom stereocenters. The minimum Gasteiger partial charge on any atom is -0.324 e. The number of benzene rings is 2. The summed E-state index contributed by atoms with van der Waals surface area (Å²) in [6, 6.07) is 14.0. The van der Waals surface area contributed by atoms with Gasteiger partial charge in [0, 0.05) is 12.6 Å². The van der Waals surface area contributed by atoms with Crippen molar-refractivity contribution in [3.8, 4) is 6.07 Å². The fourth-order valence-electron chi connectivity index (χ4n) is 2.08. The topological polar surface area (TPSA) is 73.2 Å². The molecule has 2 amide bonds. The molecule has 0 aliphatic heterocycles. The van der Waals surface area contributed by atoms with E-state index in [4.69, 9.17) is 5.26 Å². The minimum absolute atomic E-state index is 0.273. The number of nitriles is 1. The number of rotatable bonds is 4. The van der Waals surface area contributed by atoms with Crippen LogP contribution in [0.4, 0.5) is 15.8 Å². The maximum absolute atomic E-state index is 13.1. The average Bonchev–Trinajstić information content (AvgIpc) is 2.52. The van der Waals surface area contributed by atoms with E-state index < -0.39 is 11.7 Å². The van der Waals surface area contributed by atoms with E-state index in [0.29, 0.717) is 16.9 Å². The molecule has 0 fully saturated rings. The quantitative estimate of drug-likeness (QED) is 0.943. The van der Waals surface area contributed by atoms with Gasteiger partial charge < -0.3 is 10.2 Å². The standard InChI is InChI=1S/C17H14FN3O2/c1-12(22)21(16-8-3-2-5-13(16)10-19)11-17(23)20-15-7-4-6-14(18)9-15/h2-9H,11H2,1H3,(H,20,23). The molecular weight excluding hydrogens is 297 g/mol. The van der Waals surface area contributed by atoms with Crippen molar-refractivity contribution < 1.29 is 14.0 Å². The fourth-order valence-corrected chi connectivity index (χ4v) is 2.08. The fraction of sp³-hybridized carbons (Fsp3) is 0.118. The van der Waals surface area contributed by atoms with Crippen LogP contribution in [0.25, 0.3) is 0 Å². The summed E-state index contributed by atoms with van der Waals surface area (Å²) in [6.45, 7) is 1.04. The number of halogens is 1. The summed E-state index contributed by atoms with van der Waals surface area (Å²) in [5.41, 5.74) is 0.949. The normalized spacial score (nSPS) is 9.78. The molecule has 0 spiro atoms. The lowest BCUT2D eigenvalue weighted by molar-refractivity contribution is -0.120. The molecule has 1 N–H and O–H groups in total. The van der Waals surface area contributed by atoms with Crippen LogP contribution in [0.5, 0.6) is 0 Å². The summed E-state index contributed by atoms with van der Waals surface area (Å²) in [4.78, 5) is 25.1. The van der Waals surface area contributed by atoms with Gasteiger partial charge in [-0.15, -0.1) is 0 Å². The average molecular weight is 311 g/mol. The van der Waals surface area contributed by atoms with Crippen LogP contribution in [0.1, 0.15) is 12.5 Å². The number of anilines is 2. The Bertz CT molecular complexity index is 783. The number of carbonyl (C=O) groups excluding carboxylic acids is 2. The SMILES string of the molecule is CC(=O)N(CC(=O)Nc1cccc(F)c1)c1ccccc1C#N. The number of hydrogen-bond donors (Lipinski definition) is 1. The second kappa shape index (κ2) is 7.18. The zero-order valence-electron chi connectivity index (χ0n) is 12.4. The van der Waals surface area contributed by atoms with Crippen molar-refractivity contribution in [2.24, 2.45) is 0 Å². The third-order valence-corrected chi connectivity index (χ3v) is 3.11. The summed E-state index contributed by atoms with van der Waals surface area (Å²) in [6.07, 6.45) is 0. The zero-order chi connectivity index (χ0) is 16.8. The maximum atomic E-state index is 13.1. The number of nitrogens with zero attached hydrogens (tertiary/aromatic N) is 2. The first-order chi connectivity index (χ1) is 11.0. The molecule has 6 heteroatoms. The Morgan fingerprint density at radius 1 is 1.22 bits per heavy atom. The molecule has 0 aliphatic carbocycles. The molecule has 0 heterocycles. The van der Waals surface area contributed by atoms with E-state index in [1.807, 2.05) is 6.07 Å². The summed E-state index contributed by atoms with van der Waals surface area (Å²) < 4.78 is 13.1. The Kier molecular flexibility index (Phi) is 5.05. The number of amides is 2. The van der Waals surface area contributed by atoms with Crippen LogP contribution in [0, 0.1) is 17.1 Å². The van der Waals surface area contributed by atoms with Crippen LogP contribution >= 0.6 is 0 Å². The number of hydrogen-bond acceptors (Lipinski definition) is 3. The van der Waals surface area contributed by atoms with E-state index in [1.54, 1.807) is 30.3 Å². The van der Waals surface area contributed by atoms with Gasteiger partial charge >= 0.3 is 0 Å². The second-order valence-corrected chi connectivity index (χ2v) is 4.79. The Balaban J connectivity index is 2.18. The highest BCUT2D eigenvalue weighted by Crippen LogP contribution is 2.20. The van der Waals surface area contributed by atoms with Crippen molar-refractivity contribution in [3.63, 3.8) is 0 Å². The van der Waals surface area contributed by atoms with E-state index in [0.717, 1.165) is 0 Å². The molecule has 5 nitrogen and oxygen atoms in total. The second-order valence-electron chi connectivity index (χ2n) is 4.79. The largest absolute Gasteiger partial charge is 0.324 e.